The Balaban J connectivity index is 2.57. The Hall–Kier alpha value is -2.20. The summed E-state index contributed by atoms with van der Waals surface area (Å²) in [5.74, 6) is 0. The highest BCUT2D eigenvalue weighted by molar-refractivity contribution is 5.48. The Labute approximate surface area is 124 Å². The molecule has 0 fully saturated rings. The monoisotopic (exact) mass is 284 g/mol. The van der Waals surface area contributed by atoms with E-state index in [1.807, 2.05) is 27.7 Å². The van der Waals surface area contributed by atoms with Gasteiger partial charge in [0.15, 0.2) is 0 Å². The second-order valence-corrected chi connectivity index (χ2v) is 5.59. The highest BCUT2D eigenvalue weighted by atomic mass is 16.6. The summed E-state index contributed by atoms with van der Waals surface area (Å²) in [6, 6.07) is 8.68. The summed E-state index contributed by atoms with van der Waals surface area (Å²) in [6.45, 7) is 8.04. The fraction of sp³-hybridized carbons (Fsp3) is 0.294. The molecule has 2 aromatic carbocycles. The van der Waals surface area contributed by atoms with Crippen LogP contribution in [-0.2, 0) is 0 Å². The van der Waals surface area contributed by atoms with Crippen molar-refractivity contribution in [2.24, 2.45) is 5.73 Å². The zero-order chi connectivity index (χ0) is 15.7. The van der Waals surface area contributed by atoms with Gasteiger partial charge in [0.1, 0.15) is 0 Å². The molecule has 2 rings (SSSR count). The van der Waals surface area contributed by atoms with Crippen LogP contribution in [0.15, 0.2) is 30.3 Å². The SMILES string of the molecule is Cc1cc(C)c(C(N)c2cc([N+](=O)[O-])ccc2C)c(C)c1. The lowest BCUT2D eigenvalue weighted by Crippen LogP contribution is -2.16. The molecule has 110 valence electrons. The first-order valence-electron chi connectivity index (χ1n) is 6.89. The number of nitrogens with zero attached hydrogens (tertiary/aromatic N) is 1. The molecule has 0 amide bonds. The number of nitrogens with two attached hydrogens (primary N) is 1. The number of nitro benzene ring substituents is 1. The normalized spacial score (nSPS) is 12.2. The average Bonchev–Trinajstić information content (AvgIpc) is 2.37. The van der Waals surface area contributed by atoms with Crippen molar-refractivity contribution in [1.82, 2.24) is 0 Å². The van der Waals surface area contributed by atoms with Crippen molar-refractivity contribution in [1.29, 1.82) is 0 Å². The number of hydrogen-bond acceptors (Lipinski definition) is 3. The van der Waals surface area contributed by atoms with Gasteiger partial charge in [0.25, 0.3) is 5.69 Å². The van der Waals surface area contributed by atoms with Crippen molar-refractivity contribution in [2.45, 2.75) is 33.7 Å². The summed E-state index contributed by atoms with van der Waals surface area (Å²) >= 11 is 0. The van der Waals surface area contributed by atoms with Gasteiger partial charge in [0.2, 0.25) is 0 Å². The third kappa shape index (κ3) is 2.95. The third-order valence-corrected chi connectivity index (χ3v) is 3.86. The van der Waals surface area contributed by atoms with E-state index in [0.29, 0.717) is 0 Å². The van der Waals surface area contributed by atoms with Gasteiger partial charge in [-0.3, -0.25) is 10.1 Å². The van der Waals surface area contributed by atoms with Crippen molar-refractivity contribution < 1.29 is 4.92 Å². The minimum Gasteiger partial charge on any atom is -0.320 e. The lowest BCUT2D eigenvalue weighted by molar-refractivity contribution is -0.384. The predicted octanol–water partition coefficient (Wildman–Crippen LogP) is 3.88. The average molecular weight is 284 g/mol. The molecule has 4 nitrogen and oxygen atoms in total. The fourth-order valence-electron chi connectivity index (χ4n) is 2.91. The predicted molar refractivity (Wildman–Crippen MR) is 84.5 cm³/mol. The topological polar surface area (TPSA) is 69.2 Å². The van der Waals surface area contributed by atoms with Crippen molar-refractivity contribution in [3.63, 3.8) is 0 Å². The minimum absolute atomic E-state index is 0.0773. The van der Waals surface area contributed by atoms with E-state index in [1.165, 1.54) is 11.6 Å². The molecule has 0 aliphatic carbocycles. The van der Waals surface area contributed by atoms with Crippen LogP contribution in [0.3, 0.4) is 0 Å². The van der Waals surface area contributed by atoms with E-state index in [-0.39, 0.29) is 16.7 Å². The van der Waals surface area contributed by atoms with Gasteiger partial charge in [-0.25, -0.2) is 0 Å². The van der Waals surface area contributed by atoms with Crippen LogP contribution in [0.2, 0.25) is 0 Å². The van der Waals surface area contributed by atoms with Gasteiger partial charge in [-0.15, -0.1) is 0 Å². The van der Waals surface area contributed by atoms with E-state index >= 15 is 0 Å². The molecule has 1 unspecified atom stereocenters. The van der Waals surface area contributed by atoms with Gasteiger partial charge in [-0.1, -0.05) is 23.8 Å². The zero-order valence-electron chi connectivity index (χ0n) is 12.8. The summed E-state index contributed by atoms with van der Waals surface area (Å²) in [5.41, 5.74) is 12.7. The molecule has 0 radical (unpaired) electrons. The molecule has 4 heteroatoms. The number of aryl methyl sites for hydroxylation is 4. The Morgan fingerprint density at radius 3 is 2.10 bits per heavy atom. The smallest absolute Gasteiger partial charge is 0.269 e. The van der Waals surface area contributed by atoms with E-state index in [1.54, 1.807) is 12.1 Å². The molecule has 0 heterocycles. The van der Waals surface area contributed by atoms with Gasteiger partial charge in [0.05, 0.1) is 11.0 Å². The standard InChI is InChI=1S/C17H20N2O2/c1-10-7-12(3)16(13(4)8-10)17(18)15-9-14(19(20)21)6-5-11(15)2/h5-9,17H,18H2,1-4H3. The molecule has 2 N–H and O–H groups in total. The first-order valence-corrected chi connectivity index (χ1v) is 6.89. The largest absolute Gasteiger partial charge is 0.320 e. The molecule has 0 saturated heterocycles. The van der Waals surface area contributed by atoms with Crippen LogP contribution < -0.4 is 5.73 Å². The van der Waals surface area contributed by atoms with Gasteiger partial charge in [-0.2, -0.15) is 0 Å². The molecule has 0 aliphatic rings. The first kappa shape index (κ1) is 15.2. The Morgan fingerprint density at radius 2 is 1.57 bits per heavy atom. The maximum atomic E-state index is 11.0. The van der Waals surface area contributed by atoms with Crippen LogP contribution >= 0.6 is 0 Å². The van der Waals surface area contributed by atoms with Crippen molar-refractivity contribution >= 4 is 5.69 Å². The second kappa shape index (κ2) is 5.66. The molecule has 21 heavy (non-hydrogen) atoms. The Morgan fingerprint density at radius 1 is 1.00 bits per heavy atom. The van der Waals surface area contributed by atoms with Gasteiger partial charge < -0.3 is 5.73 Å². The maximum Gasteiger partial charge on any atom is 0.269 e. The lowest BCUT2D eigenvalue weighted by atomic mass is 9.88. The van der Waals surface area contributed by atoms with Crippen LogP contribution in [0, 0.1) is 37.8 Å². The molecule has 0 aromatic heterocycles. The molecule has 2 aromatic rings. The minimum atomic E-state index is -0.384. The summed E-state index contributed by atoms with van der Waals surface area (Å²) in [7, 11) is 0. The molecule has 0 saturated carbocycles. The molecular formula is C17H20N2O2. The molecular weight excluding hydrogens is 264 g/mol. The Kier molecular flexibility index (Phi) is 4.09. The first-order chi connectivity index (χ1) is 9.81. The number of nitro groups is 1. The van der Waals surface area contributed by atoms with Crippen molar-refractivity contribution in [3.8, 4) is 0 Å². The van der Waals surface area contributed by atoms with Crippen LogP contribution in [0.5, 0.6) is 0 Å². The molecule has 1 atom stereocenters. The van der Waals surface area contributed by atoms with E-state index in [2.05, 4.69) is 12.1 Å². The van der Waals surface area contributed by atoms with E-state index in [4.69, 9.17) is 5.73 Å². The molecule has 0 spiro atoms. The number of non-ortho nitro benzene ring substituents is 1. The number of benzene rings is 2. The van der Waals surface area contributed by atoms with E-state index in [0.717, 1.165) is 27.8 Å². The van der Waals surface area contributed by atoms with Crippen LogP contribution in [0.4, 0.5) is 5.69 Å². The van der Waals surface area contributed by atoms with Gasteiger partial charge in [-0.05, 0) is 55.5 Å². The van der Waals surface area contributed by atoms with Crippen LogP contribution in [0.1, 0.15) is 39.4 Å². The Bertz CT molecular complexity index is 685. The summed E-state index contributed by atoms with van der Waals surface area (Å²) in [5, 5.41) is 11.0. The second-order valence-electron chi connectivity index (χ2n) is 5.59. The van der Waals surface area contributed by atoms with Gasteiger partial charge in [0, 0.05) is 12.1 Å². The molecule has 0 aliphatic heterocycles. The fourth-order valence-corrected chi connectivity index (χ4v) is 2.91. The quantitative estimate of drug-likeness (QED) is 0.687. The molecule has 0 bridgehead atoms. The van der Waals surface area contributed by atoms with Crippen LogP contribution in [-0.4, -0.2) is 4.92 Å². The lowest BCUT2D eigenvalue weighted by Gasteiger charge is -2.20. The highest BCUT2D eigenvalue weighted by Gasteiger charge is 2.19. The van der Waals surface area contributed by atoms with Crippen molar-refractivity contribution in [2.75, 3.05) is 0 Å². The summed E-state index contributed by atoms with van der Waals surface area (Å²) < 4.78 is 0. The highest BCUT2D eigenvalue weighted by Crippen LogP contribution is 2.30. The van der Waals surface area contributed by atoms with E-state index in [9.17, 15) is 10.1 Å². The van der Waals surface area contributed by atoms with Crippen molar-refractivity contribution in [3.05, 3.63) is 73.8 Å². The van der Waals surface area contributed by atoms with Gasteiger partial charge >= 0.3 is 0 Å². The zero-order valence-corrected chi connectivity index (χ0v) is 12.8. The third-order valence-electron chi connectivity index (χ3n) is 3.86. The number of rotatable bonds is 3. The maximum absolute atomic E-state index is 11.0. The number of hydrogen-bond donors (Lipinski definition) is 1. The van der Waals surface area contributed by atoms with Crippen LogP contribution in [0.25, 0.3) is 0 Å². The summed E-state index contributed by atoms with van der Waals surface area (Å²) in [4.78, 5) is 10.6. The van der Waals surface area contributed by atoms with E-state index < -0.39 is 0 Å². The summed E-state index contributed by atoms with van der Waals surface area (Å²) in [6.07, 6.45) is 0.